The number of carbonyl (C=O) groups is 1. The normalized spacial score (nSPS) is 10.4. The second kappa shape index (κ2) is 6.08. The molecule has 0 unspecified atom stereocenters. The summed E-state index contributed by atoms with van der Waals surface area (Å²) in [5.74, 6) is -0.127. The van der Waals surface area contributed by atoms with E-state index >= 15 is 0 Å². The molecule has 0 saturated heterocycles. The Morgan fingerprint density at radius 3 is 2.95 bits per heavy atom. The van der Waals surface area contributed by atoms with Gasteiger partial charge in [-0.15, -0.1) is 0 Å². The summed E-state index contributed by atoms with van der Waals surface area (Å²) in [7, 11) is 0. The first-order chi connectivity index (χ1) is 9.04. The lowest BCUT2D eigenvalue weighted by Gasteiger charge is -2.07. The molecule has 1 amide bonds. The minimum Gasteiger partial charge on any atom is -0.399 e. The fraction of sp³-hybridized carbons (Fsp3) is 0.167. The Balaban J connectivity index is 1.90. The molecule has 0 aliphatic carbocycles. The van der Waals surface area contributed by atoms with Gasteiger partial charge in [-0.3, -0.25) is 9.48 Å². The van der Waals surface area contributed by atoms with Crippen LogP contribution in [0.2, 0.25) is 5.02 Å². The average Bonchev–Trinajstić information content (AvgIpc) is 2.76. The van der Waals surface area contributed by atoms with E-state index in [0.717, 1.165) is 4.47 Å². The molecule has 1 aromatic carbocycles. The number of hydrogen-bond acceptors (Lipinski definition) is 3. The van der Waals surface area contributed by atoms with Crippen LogP contribution in [-0.2, 0) is 11.3 Å². The van der Waals surface area contributed by atoms with Crippen molar-refractivity contribution in [3.8, 4) is 0 Å². The molecule has 5 nitrogen and oxygen atoms in total. The number of nitrogens with one attached hydrogen (secondary N) is 1. The van der Waals surface area contributed by atoms with E-state index in [-0.39, 0.29) is 5.91 Å². The van der Waals surface area contributed by atoms with Crippen molar-refractivity contribution in [2.24, 2.45) is 0 Å². The monoisotopic (exact) mass is 342 g/mol. The van der Waals surface area contributed by atoms with Gasteiger partial charge in [-0.05, 0) is 34.1 Å². The summed E-state index contributed by atoms with van der Waals surface area (Å²) in [5, 5.41) is 7.23. The van der Waals surface area contributed by atoms with Crippen LogP contribution in [0.15, 0.2) is 35.1 Å². The van der Waals surface area contributed by atoms with Crippen LogP contribution in [0.1, 0.15) is 6.42 Å². The summed E-state index contributed by atoms with van der Waals surface area (Å²) >= 11 is 9.27. The topological polar surface area (TPSA) is 72.9 Å². The zero-order valence-corrected chi connectivity index (χ0v) is 12.3. The van der Waals surface area contributed by atoms with E-state index in [1.165, 1.54) is 0 Å². The highest BCUT2D eigenvalue weighted by molar-refractivity contribution is 9.10. The van der Waals surface area contributed by atoms with Gasteiger partial charge in [-0.2, -0.15) is 5.10 Å². The van der Waals surface area contributed by atoms with Crippen LogP contribution in [0.4, 0.5) is 11.4 Å². The number of amides is 1. The molecule has 0 bridgehead atoms. The van der Waals surface area contributed by atoms with E-state index in [9.17, 15) is 4.79 Å². The van der Waals surface area contributed by atoms with Crippen molar-refractivity contribution in [1.29, 1.82) is 0 Å². The Hall–Kier alpha value is -1.53. The fourth-order valence-corrected chi connectivity index (χ4v) is 2.09. The number of rotatable bonds is 4. The Labute approximate surface area is 123 Å². The summed E-state index contributed by atoms with van der Waals surface area (Å²) in [6.45, 7) is 0.504. The van der Waals surface area contributed by atoms with E-state index in [4.69, 9.17) is 17.3 Å². The molecule has 0 aliphatic heterocycles. The lowest BCUT2D eigenvalue weighted by Crippen LogP contribution is -2.15. The zero-order chi connectivity index (χ0) is 13.8. The van der Waals surface area contributed by atoms with E-state index in [1.807, 2.05) is 6.20 Å². The summed E-state index contributed by atoms with van der Waals surface area (Å²) in [5.41, 5.74) is 6.70. The molecule has 0 fully saturated rings. The number of aryl methyl sites for hydroxylation is 1. The van der Waals surface area contributed by atoms with E-state index in [1.54, 1.807) is 29.1 Å². The molecular formula is C12H12BrClN4O. The highest BCUT2D eigenvalue weighted by Gasteiger charge is 2.06. The lowest BCUT2D eigenvalue weighted by molar-refractivity contribution is -0.116. The van der Waals surface area contributed by atoms with Crippen LogP contribution < -0.4 is 11.1 Å². The van der Waals surface area contributed by atoms with Crippen LogP contribution in [0.5, 0.6) is 0 Å². The number of nitrogens with two attached hydrogens (primary N) is 1. The molecule has 1 heterocycles. The molecule has 3 N–H and O–H groups in total. The van der Waals surface area contributed by atoms with Gasteiger partial charge >= 0.3 is 0 Å². The van der Waals surface area contributed by atoms with Crippen molar-refractivity contribution in [2.75, 3.05) is 11.1 Å². The molecule has 0 radical (unpaired) electrons. The maximum Gasteiger partial charge on any atom is 0.226 e. The third-order valence-corrected chi connectivity index (χ3v) is 3.16. The largest absolute Gasteiger partial charge is 0.399 e. The quantitative estimate of drug-likeness (QED) is 0.838. The number of benzene rings is 1. The lowest BCUT2D eigenvalue weighted by atomic mass is 10.2. The number of nitrogens with zero attached hydrogens (tertiary/aromatic N) is 2. The van der Waals surface area contributed by atoms with Gasteiger partial charge in [0.1, 0.15) is 0 Å². The molecule has 0 spiro atoms. The van der Waals surface area contributed by atoms with Crippen LogP contribution in [0.25, 0.3) is 0 Å². The number of carbonyl (C=O) groups excluding carboxylic acids is 1. The fourth-order valence-electron chi connectivity index (χ4n) is 1.52. The summed E-state index contributed by atoms with van der Waals surface area (Å²) in [4.78, 5) is 11.8. The van der Waals surface area contributed by atoms with Gasteiger partial charge in [-0.1, -0.05) is 11.6 Å². The molecule has 100 valence electrons. The van der Waals surface area contributed by atoms with Crippen LogP contribution in [0.3, 0.4) is 0 Å². The molecular weight excluding hydrogens is 332 g/mol. The minimum atomic E-state index is -0.127. The molecule has 0 atom stereocenters. The van der Waals surface area contributed by atoms with Crippen molar-refractivity contribution < 1.29 is 4.79 Å². The smallest absolute Gasteiger partial charge is 0.226 e. The number of halogens is 2. The highest BCUT2D eigenvalue weighted by atomic mass is 79.9. The van der Waals surface area contributed by atoms with Crippen molar-refractivity contribution in [2.45, 2.75) is 13.0 Å². The van der Waals surface area contributed by atoms with Crippen molar-refractivity contribution >= 4 is 44.8 Å². The molecule has 7 heteroatoms. The van der Waals surface area contributed by atoms with Crippen molar-refractivity contribution in [1.82, 2.24) is 9.78 Å². The highest BCUT2D eigenvalue weighted by Crippen LogP contribution is 2.24. The third kappa shape index (κ3) is 3.97. The molecule has 0 saturated carbocycles. The summed E-state index contributed by atoms with van der Waals surface area (Å²) in [6.07, 6.45) is 3.80. The Morgan fingerprint density at radius 2 is 2.32 bits per heavy atom. The molecule has 19 heavy (non-hydrogen) atoms. The van der Waals surface area contributed by atoms with Crippen LogP contribution in [0, 0.1) is 0 Å². The SMILES string of the molecule is Nc1ccc(NC(=O)CCn2cc(Br)cn2)c(Cl)c1. The first-order valence-corrected chi connectivity index (χ1v) is 6.74. The van der Waals surface area contributed by atoms with E-state index in [0.29, 0.717) is 29.4 Å². The van der Waals surface area contributed by atoms with Gasteiger partial charge < -0.3 is 11.1 Å². The van der Waals surface area contributed by atoms with Gasteiger partial charge in [0.25, 0.3) is 0 Å². The summed E-state index contributed by atoms with van der Waals surface area (Å²) < 4.78 is 2.57. The second-order valence-corrected chi connectivity index (χ2v) is 5.28. The van der Waals surface area contributed by atoms with Crippen LogP contribution in [-0.4, -0.2) is 15.7 Å². The maximum absolute atomic E-state index is 11.8. The zero-order valence-electron chi connectivity index (χ0n) is 9.94. The Bertz CT molecular complexity index is 599. The van der Waals surface area contributed by atoms with Gasteiger partial charge in [0.05, 0.1) is 21.4 Å². The van der Waals surface area contributed by atoms with E-state index in [2.05, 4.69) is 26.3 Å². The maximum atomic E-state index is 11.8. The number of nitrogen functional groups attached to an aromatic ring is 1. The van der Waals surface area contributed by atoms with Gasteiger partial charge in [0.15, 0.2) is 0 Å². The van der Waals surface area contributed by atoms with Crippen molar-refractivity contribution in [3.05, 3.63) is 40.1 Å². The predicted molar refractivity (Wildman–Crippen MR) is 79.0 cm³/mol. The molecule has 2 rings (SSSR count). The number of anilines is 2. The van der Waals surface area contributed by atoms with Gasteiger partial charge in [0.2, 0.25) is 5.91 Å². The van der Waals surface area contributed by atoms with Gasteiger partial charge in [-0.25, -0.2) is 0 Å². The van der Waals surface area contributed by atoms with Gasteiger partial charge in [0, 0.05) is 24.8 Å². The Morgan fingerprint density at radius 1 is 1.53 bits per heavy atom. The second-order valence-electron chi connectivity index (χ2n) is 3.96. The average molecular weight is 344 g/mol. The number of hydrogen-bond donors (Lipinski definition) is 2. The molecule has 1 aromatic heterocycles. The summed E-state index contributed by atoms with van der Waals surface area (Å²) in [6, 6.07) is 4.97. The predicted octanol–water partition coefficient (Wildman–Crippen LogP) is 2.91. The molecule has 0 aliphatic rings. The Kier molecular flexibility index (Phi) is 4.44. The van der Waals surface area contributed by atoms with Crippen molar-refractivity contribution in [3.63, 3.8) is 0 Å². The van der Waals surface area contributed by atoms with E-state index < -0.39 is 0 Å². The number of aromatic nitrogens is 2. The van der Waals surface area contributed by atoms with Crippen LogP contribution >= 0.6 is 27.5 Å². The first kappa shape index (κ1) is 13.9. The molecule has 2 aromatic rings. The standard InChI is InChI=1S/C12H12BrClN4O/c13-8-6-16-18(7-8)4-3-12(19)17-11-2-1-9(15)5-10(11)14/h1-2,5-7H,3-4,15H2,(H,17,19). The third-order valence-electron chi connectivity index (χ3n) is 2.44. The first-order valence-electron chi connectivity index (χ1n) is 5.57. The minimum absolute atomic E-state index is 0.127.